The maximum atomic E-state index is 12.6. The highest BCUT2D eigenvalue weighted by atomic mass is 19.4. The molecule has 4 rings (SSSR count). The molecule has 4 aliphatic carbocycles. The third kappa shape index (κ3) is 3.86. The Hall–Kier alpha value is -1.27. The number of alkyl halides is 3. The van der Waals surface area contributed by atoms with Gasteiger partial charge in [-0.2, -0.15) is 13.2 Å². The van der Waals surface area contributed by atoms with E-state index in [0.29, 0.717) is 38.5 Å². The third-order valence-electron chi connectivity index (χ3n) is 6.37. The molecule has 0 amide bonds. The van der Waals surface area contributed by atoms with Gasteiger partial charge in [0.2, 0.25) is 0 Å². The number of carbonyl (C=O) groups is 2. The van der Waals surface area contributed by atoms with Crippen LogP contribution in [-0.2, 0) is 19.1 Å². The SMILES string of the molecule is CCC(C)(C)C(=O)OC12CC3CC(CC(OC(=O)CC(F)(F)F)(C3)C1)C2. The van der Waals surface area contributed by atoms with Crippen LogP contribution >= 0.6 is 0 Å². The summed E-state index contributed by atoms with van der Waals surface area (Å²) in [6, 6.07) is 0. The summed E-state index contributed by atoms with van der Waals surface area (Å²) in [6.07, 6.45) is -1.64. The van der Waals surface area contributed by atoms with Gasteiger partial charge in [0.1, 0.15) is 17.6 Å². The van der Waals surface area contributed by atoms with Crippen molar-refractivity contribution in [3.8, 4) is 0 Å². The highest BCUT2D eigenvalue weighted by Crippen LogP contribution is 2.60. The standard InChI is InChI=1S/C19H27F3O4/c1-4-16(2,3)15(24)26-18-8-12-5-13(9-18)7-17(6-12,11-18)25-14(23)10-19(20,21)22/h12-13H,4-11H2,1-3H3. The van der Waals surface area contributed by atoms with Crippen molar-refractivity contribution in [3.63, 3.8) is 0 Å². The van der Waals surface area contributed by atoms with Gasteiger partial charge in [-0.1, -0.05) is 6.92 Å². The molecule has 7 heteroatoms. The van der Waals surface area contributed by atoms with Crippen LogP contribution in [0.25, 0.3) is 0 Å². The summed E-state index contributed by atoms with van der Waals surface area (Å²) in [6.45, 7) is 5.57. The van der Waals surface area contributed by atoms with Crippen molar-refractivity contribution < 1.29 is 32.2 Å². The van der Waals surface area contributed by atoms with Crippen LogP contribution in [0.1, 0.15) is 72.1 Å². The van der Waals surface area contributed by atoms with Gasteiger partial charge in [-0.25, -0.2) is 0 Å². The molecular formula is C19H27F3O4. The van der Waals surface area contributed by atoms with Gasteiger partial charge in [-0.15, -0.1) is 0 Å². The van der Waals surface area contributed by atoms with E-state index in [4.69, 9.17) is 9.47 Å². The van der Waals surface area contributed by atoms with Crippen molar-refractivity contribution in [1.29, 1.82) is 0 Å². The first-order valence-corrected chi connectivity index (χ1v) is 9.38. The minimum Gasteiger partial charge on any atom is -0.459 e. The quantitative estimate of drug-likeness (QED) is 0.661. The van der Waals surface area contributed by atoms with E-state index in [9.17, 15) is 22.8 Å². The normalized spacial score (nSPS) is 36.1. The van der Waals surface area contributed by atoms with Crippen LogP contribution in [0.15, 0.2) is 0 Å². The first kappa shape index (κ1) is 19.5. The lowest BCUT2D eigenvalue weighted by atomic mass is 9.52. The molecule has 0 aromatic rings. The summed E-state index contributed by atoms with van der Waals surface area (Å²) in [5, 5.41) is 0. The first-order valence-electron chi connectivity index (χ1n) is 9.38. The lowest BCUT2D eigenvalue weighted by molar-refractivity contribution is -0.239. The van der Waals surface area contributed by atoms with Crippen molar-refractivity contribution in [2.45, 2.75) is 89.5 Å². The molecule has 2 atom stereocenters. The number of rotatable bonds is 5. The van der Waals surface area contributed by atoms with E-state index in [1.165, 1.54) is 0 Å². The van der Waals surface area contributed by atoms with Crippen molar-refractivity contribution in [2.24, 2.45) is 17.3 Å². The van der Waals surface area contributed by atoms with Crippen LogP contribution in [0.4, 0.5) is 13.2 Å². The fraction of sp³-hybridized carbons (Fsp3) is 0.895. The zero-order valence-corrected chi connectivity index (χ0v) is 15.6. The number of hydrogen-bond acceptors (Lipinski definition) is 4. The van der Waals surface area contributed by atoms with E-state index in [0.717, 1.165) is 6.42 Å². The summed E-state index contributed by atoms with van der Waals surface area (Å²) in [5.74, 6) is -1.05. The second-order valence-electron chi connectivity index (χ2n) is 9.22. The minimum absolute atomic E-state index is 0.229. The Morgan fingerprint density at radius 2 is 1.50 bits per heavy atom. The molecule has 0 aromatic carbocycles. The lowest BCUT2D eigenvalue weighted by Gasteiger charge is -2.60. The smallest absolute Gasteiger partial charge is 0.399 e. The number of hydrogen-bond donors (Lipinski definition) is 0. The molecule has 2 unspecified atom stereocenters. The molecule has 4 nitrogen and oxygen atoms in total. The van der Waals surface area contributed by atoms with Gasteiger partial charge in [0.05, 0.1) is 5.41 Å². The molecule has 4 aliphatic rings. The number of ether oxygens (including phenoxy) is 2. The van der Waals surface area contributed by atoms with Crippen LogP contribution in [0.5, 0.6) is 0 Å². The Kier molecular flexibility index (Phi) is 4.59. The lowest BCUT2D eigenvalue weighted by Crippen LogP contribution is -2.62. The van der Waals surface area contributed by atoms with Crippen molar-refractivity contribution in [3.05, 3.63) is 0 Å². The molecule has 0 aromatic heterocycles. The van der Waals surface area contributed by atoms with Gasteiger partial charge < -0.3 is 9.47 Å². The van der Waals surface area contributed by atoms with Crippen molar-refractivity contribution in [1.82, 2.24) is 0 Å². The van der Waals surface area contributed by atoms with E-state index in [-0.39, 0.29) is 17.8 Å². The molecular weight excluding hydrogens is 349 g/mol. The maximum absolute atomic E-state index is 12.6. The first-order chi connectivity index (χ1) is 11.9. The summed E-state index contributed by atoms with van der Waals surface area (Å²) >= 11 is 0. The monoisotopic (exact) mass is 376 g/mol. The summed E-state index contributed by atoms with van der Waals surface area (Å²) in [4.78, 5) is 24.4. The highest BCUT2D eigenvalue weighted by Gasteiger charge is 2.62. The molecule has 4 saturated carbocycles. The minimum atomic E-state index is -4.57. The number of esters is 2. The van der Waals surface area contributed by atoms with E-state index >= 15 is 0 Å². The predicted octanol–water partition coefficient (Wildman–Crippen LogP) is 4.55. The van der Waals surface area contributed by atoms with Gasteiger partial charge in [-0.05, 0) is 64.2 Å². The second-order valence-corrected chi connectivity index (χ2v) is 9.22. The van der Waals surface area contributed by atoms with Crippen LogP contribution in [0.3, 0.4) is 0 Å². The molecule has 0 spiro atoms. The Morgan fingerprint density at radius 1 is 1.00 bits per heavy atom. The van der Waals surface area contributed by atoms with Gasteiger partial charge in [0.25, 0.3) is 0 Å². The van der Waals surface area contributed by atoms with Crippen molar-refractivity contribution in [2.75, 3.05) is 0 Å². The Bertz CT molecular complexity index is 582. The Morgan fingerprint density at radius 3 is 1.96 bits per heavy atom. The van der Waals surface area contributed by atoms with Gasteiger partial charge >= 0.3 is 18.1 Å². The summed E-state index contributed by atoms with van der Waals surface area (Å²) in [5.41, 5.74) is -2.22. The zero-order valence-electron chi connectivity index (χ0n) is 15.6. The molecule has 148 valence electrons. The highest BCUT2D eigenvalue weighted by molar-refractivity contribution is 5.76. The van der Waals surface area contributed by atoms with Gasteiger partial charge in [-0.3, -0.25) is 9.59 Å². The van der Waals surface area contributed by atoms with Crippen molar-refractivity contribution >= 4 is 11.9 Å². The fourth-order valence-electron chi connectivity index (χ4n) is 5.26. The number of halogens is 3. The predicted molar refractivity (Wildman–Crippen MR) is 87.1 cm³/mol. The average Bonchev–Trinajstić information content (AvgIpc) is 2.42. The van der Waals surface area contributed by atoms with E-state index in [1.807, 2.05) is 20.8 Å². The molecule has 26 heavy (non-hydrogen) atoms. The second kappa shape index (κ2) is 6.13. The molecule has 0 N–H and O–H groups in total. The maximum Gasteiger partial charge on any atom is 0.399 e. The number of carbonyl (C=O) groups excluding carboxylic acids is 2. The molecule has 4 fully saturated rings. The Balaban J connectivity index is 1.76. The van der Waals surface area contributed by atoms with Crippen LogP contribution in [-0.4, -0.2) is 29.3 Å². The topological polar surface area (TPSA) is 52.6 Å². The summed E-state index contributed by atoms with van der Waals surface area (Å²) < 4.78 is 48.9. The van der Waals surface area contributed by atoms with Crippen LogP contribution < -0.4 is 0 Å². The summed E-state index contributed by atoms with van der Waals surface area (Å²) in [7, 11) is 0. The molecule has 0 radical (unpaired) electrons. The largest absolute Gasteiger partial charge is 0.459 e. The third-order valence-corrected chi connectivity index (χ3v) is 6.37. The molecule has 0 saturated heterocycles. The van der Waals surface area contributed by atoms with E-state index < -0.39 is 35.2 Å². The van der Waals surface area contributed by atoms with E-state index in [2.05, 4.69) is 0 Å². The van der Waals surface area contributed by atoms with E-state index in [1.54, 1.807) is 0 Å². The Labute approximate surface area is 151 Å². The van der Waals surface area contributed by atoms with Crippen LogP contribution in [0.2, 0.25) is 0 Å². The van der Waals surface area contributed by atoms with Gasteiger partial charge in [0.15, 0.2) is 0 Å². The van der Waals surface area contributed by atoms with Gasteiger partial charge in [0, 0.05) is 6.42 Å². The van der Waals surface area contributed by atoms with Crippen LogP contribution in [0, 0.1) is 17.3 Å². The molecule has 0 heterocycles. The molecule has 4 bridgehead atoms. The zero-order chi connectivity index (χ0) is 19.4. The molecule has 0 aliphatic heterocycles. The average molecular weight is 376 g/mol. The fourth-order valence-corrected chi connectivity index (χ4v) is 5.26.